The van der Waals surface area contributed by atoms with Gasteiger partial charge in [-0.2, -0.15) is 0 Å². The molecule has 0 N–H and O–H groups in total. The van der Waals surface area contributed by atoms with Crippen LogP contribution >= 0.6 is 11.3 Å². The van der Waals surface area contributed by atoms with E-state index in [4.69, 9.17) is 9.47 Å². The predicted molar refractivity (Wildman–Crippen MR) is 110 cm³/mol. The molecule has 29 heavy (non-hydrogen) atoms. The number of benzene rings is 2. The van der Waals surface area contributed by atoms with Crippen LogP contribution in [0.4, 0.5) is 11.4 Å². The molecule has 3 aromatic rings. The molecule has 0 radical (unpaired) electrons. The first-order valence-electron chi connectivity index (χ1n) is 9.06. The molecule has 1 aliphatic rings. The van der Waals surface area contributed by atoms with Crippen molar-refractivity contribution in [2.45, 2.75) is 13.0 Å². The average Bonchev–Trinajstić information content (AvgIpc) is 3.25. The van der Waals surface area contributed by atoms with E-state index in [0.29, 0.717) is 42.5 Å². The summed E-state index contributed by atoms with van der Waals surface area (Å²) < 4.78 is 11.2. The number of ether oxygens (including phenoxy) is 2. The van der Waals surface area contributed by atoms with Gasteiger partial charge in [0.2, 0.25) is 5.91 Å². The molecular formula is C21H18N2O5S. The highest BCUT2D eigenvalue weighted by atomic mass is 32.1. The zero-order valence-electron chi connectivity index (χ0n) is 15.4. The number of nitrogens with zero attached hydrogens (tertiary/aromatic N) is 2. The lowest BCUT2D eigenvalue weighted by Crippen LogP contribution is -2.31. The second-order valence-corrected chi connectivity index (χ2v) is 7.48. The van der Waals surface area contributed by atoms with E-state index in [1.54, 1.807) is 52.6 Å². The van der Waals surface area contributed by atoms with Gasteiger partial charge in [-0.15, -0.1) is 11.3 Å². The molecule has 1 aromatic heterocycles. The number of thiophene rings is 1. The molecule has 8 heteroatoms. The van der Waals surface area contributed by atoms with Crippen molar-refractivity contribution < 1.29 is 19.2 Å². The minimum Gasteiger partial charge on any atom is -0.486 e. The molecule has 0 fully saturated rings. The third-order valence-electron chi connectivity index (χ3n) is 4.56. The maximum Gasteiger partial charge on any atom is 0.273 e. The Balaban J connectivity index is 1.66. The molecule has 7 nitrogen and oxygen atoms in total. The minimum absolute atomic E-state index is 0.0564. The minimum atomic E-state index is -0.462. The molecule has 0 aliphatic carbocycles. The van der Waals surface area contributed by atoms with Gasteiger partial charge in [-0.1, -0.05) is 24.3 Å². The lowest BCUT2D eigenvalue weighted by atomic mass is 10.1. The van der Waals surface area contributed by atoms with Crippen molar-refractivity contribution in [2.24, 2.45) is 0 Å². The Morgan fingerprint density at radius 1 is 1.07 bits per heavy atom. The molecule has 0 saturated carbocycles. The van der Waals surface area contributed by atoms with E-state index in [-0.39, 0.29) is 18.0 Å². The molecule has 0 unspecified atom stereocenters. The maximum atomic E-state index is 13.2. The Hall–Kier alpha value is -3.39. The molecule has 0 atom stereocenters. The summed E-state index contributed by atoms with van der Waals surface area (Å²) in [6, 6.07) is 15.6. The smallest absolute Gasteiger partial charge is 0.273 e. The van der Waals surface area contributed by atoms with Crippen molar-refractivity contribution in [2.75, 3.05) is 18.1 Å². The van der Waals surface area contributed by atoms with Crippen molar-refractivity contribution in [1.29, 1.82) is 0 Å². The van der Waals surface area contributed by atoms with Crippen LogP contribution in [0.15, 0.2) is 60.0 Å². The molecule has 1 aliphatic heterocycles. The van der Waals surface area contributed by atoms with E-state index in [1.807, 2.05) is 17.5 Å². The molecule has 148 valence electrons. The summed E-state index contributed by atoms with van der Waals surface area (Å²) in [5, 5.41) is 13.3. The monoisotopic (exact) mass is 410 g/mol. The van der Waals surface area contributed by atoms with Crippen LogP contribution in [0.25, 0.3) is 0 Å². The number of amides is 1. The van der Waals surface area contributed by atoms with Gasteiger partial charge in [0.05, 0.1) is 17.9 Å². The highest BCUT2D eigenvalue weighted by Gasteiger charge is 2.23. The van der Waals surface area contributed by atoms with Crippen LogP contribution in [0, 0.1) is 10.1 Å². The molecule has 1 amide bonds. The van der Waals surface area contributed by atoms with Crippen LogP contribution in [0.1, 0.15) is 10.4 Å². The first-order valence-corrected chi connectivity index (χ1v) is 9.94. The number of nitro groups is 1. The summed E-state index contributed by atoms with van der Waals surface area (Å²) in [5.41, 5.74) is 0.988. The normalized spacial score (nSPS) is 12.4. The van der Waals surface area contributed by atoms with Gasteiger partial charge in [0.15, 0.2) is 11.5 Å². The largest absolute Gasteiger partial charge is 0.486 e. The quantitative estimate of drug-likeness (QED) is 0.449. The number of carbonyl (C=O) groups excluding carboxylic acids is 1. The zero-order valence-corrected chi connectivity index (χ0v) is 16.3. The Kier molecular flexibility index (Phi) is 5.44. The molecule has 0 saturated heterocycles. The molecule has 2 heterocycles. The van der Waals surface area contributed by atoms with E-state index >= 15 is 0 Å². The fraction of sp³-hybridized carbons (Fsp3) is 0.190. The number of fused-ring (bicyclic) bond motifs is 1. The average molecular weight is 410 g/mol. The van der Waals surface area contributed by atoms with Crippen LogP contribution < -0.4 is 14.4 Å². The van der Waals surface area contributed by atoms with Gasteiger partial charge in [-0.3, -0.25) is 14.9 Å². The lowest BCUT2D eigenvalue weighted by Gasteiger charge is -2.25. The van der Waals surface area contributed by atoms with Gasteiger partial charge >= 0.3 is 0 Å². The molecule has 0 bridgehead atoms. The first kappa shape index (κ1) is 18.9. The third-order valence-corrected chi connectivity index (χ3v) is 5.42. The van der Waals surface area contributed by atoms with Gasteiger partial charge in [0.1, 0.15) is 13.2 Å². The van der Waals surface area contributed by atoms with Crippen molar-refractivity contribution in [3.05, 3.63) is 80.5 Å². The highest BCUT2D eigenvalue weighted by Crippen LogP contribution is 2.35. The summed E-state index contributed by atoms with van der Waals surface area (Å²) in [6.07, 6.45) is -0.0724. The Morgan fingerprint density at radius 3 is 2.62 bits per heavy atom. The topological polar surface area (TPSA) is 81.9 Å². The SMILES string of the molecule is O=C(Cc1ccccc1[N+](=O)[O-])N(Cc1cccs1)c1ccc2c(c1)OCCO2. The highest BCUT2D eigenvalue weighted by molar-refractivity contribution is 7.09. The van der Waals surface area contributed by atoms with E-state index in [0.717, 1.165) is 4.88 Å². The summed E-state index contributed by atoms with van der Waals surface area (Å²) >= 11 is 1.55. The van der Waals surface area contributed by atoms with Gasteiger partial charge < -0.3 is 14.4 Å². The van der Waals surface area contributed by atoms with Crippen molar-refractivity contribution in [3.63, 3.8) is 0 Å². The summed E-state index contributed by atoms with van der Waals surface area (Å²) in [4.78, 5) is 26.7. The fourth-order valence-electron chi connectivity index (χ4n) is 3.18. The van der Waals surface area contributed by atoms with E-state index in [2.05, 4.69) is 0 Å². The van der Waals surface area contributed by atoms with E-state index < -0.39 is 4.92 Å². The third kappa shape index (κ3) is 4.22. The van der Waals surface area contributed by atoms with Crippen molar-refractivity contribution in [3.8, 4) is 11.5 Å². The van der Waals surface area contributed by atoms with Crippen LogP contribution in [0.3, 0.4) is 0 Å². The van der Waals surface area contributed by atoms with Crippen molar-refractivity contribution >= 4 is 28.6 Å². The Bertz CT molecular complexity index is 1040. The predicted octanol–water partition coefficient (Wildman–Crippen LogP) is 4.20. The van der Waals surface area contributed by atoms with Crippen LogP contribution in [0.2, 0.25) is 0 Å². The molecule has 0 spiro atoms. The fourth-order valence-corrected chi connectivity index (χ4v) is 3.87. The van der Waals surface area contributed by atoms with Gasteiger partial charge in [0, 0.05) is 28.3 Å². The second-order valence-electron chi connectivity index (χ2n) is 6.45. The summed E-state index contributed by atoms with van der Waals surface area (Å²) in [5.74, 6) is 0.995. The number of hydrogen-bond acceptors (Lipinski definition) is 6. The van der Waals surface area contributed by atoms with Gasteiger partial charge in [0.25, 0.3) is 5.69 Å². The zero-order chi connectivity index (χ0) is 20.2. The Morgan fingerprint density at radius 2 is 1.86 bits per heavy atom. The van der Waals surface area contributed by atoms with Gasteiger partial charge in [-0.25, -0.2) is 0 Å². The van der Waals surface area contributed by atoms with Crippen LogP contribution in [0.5, 0.6) is 11.5 Å². The summed E-state index contributed by atoms with van der Waals surface area (Å²) in [6.45, 7) is 1.31. The van der Waals surface area contributed by atoms with E-state index in [9.17, 15) is 14.9 Å². The lowest BCUT2D eigenvalue weighted by molar-refractivity contribution is -0.385. The summed E-state index contributed by atoms with van der Waals surface area (Å²) in [7, 11) is 0. The number of carbonyl (C=O) groups is 1. The molecular weight excluding hydrogens is 392 g/mol. The first-order chi connectivity index (χ1) is 14.1. The molecule has 2 aromatic carbocycles. The van der Waals surface area contributed by atoms with Crippen molar-refractivity contribution in [1.82, 2.24) is 0 Å². The molecule has 4 rings (SSSR count). The second kappa shape index (κ2) is 8.32. The van der Waals surface area contributed by atoms with E-state index in [1.165, 1.54) is 6.07 Å². The number of nitro benzene ring substituents is 1. The number of rotatable bonds is 6. The number of anilines is 1. The standard InChI is InChI=1S/C21H18N2O5S/c24-21(12-15-4-1-2-6-18(15)23(25)26)22(14-17-5-3-11-29-17)16-7-8-19-20(13-16)28-10-9-27-19/h1-8,11,13H,9-10,12,14H2. The van der Waals surface area contributed by atoms with Crippen LogP contribution in [-0.4, -0.2) is 24.0 Å². The van der Waals surface area contributed by atoms with Crippen LogP contribution in [-0.2, 0) is 17.8 Å². The Labute approximate surface area is 171 Å². The number of para-hydroxylation sites is 1. The number of hydrogen-bond donors (Lipinski definition) is 0. The van der Waals surface area contributed by atoms with Gasteiger partial charge in [-0.05, 0) is 23.6 Å². The maximum absolute atomic E-state index is 13.2.